The Morgan fingerprint density at radius 2 is 2.23 bits per heavy atom. The van der Waals surface area contributed by atoms with E-state index in [9.17, 15) is 4.39 Å². The summed E-state index contributed by atoms with van der Waals surface area (Å²) in [5, 5.41) is 2.97. The Balaban J connectivity index is 2.87. The van der Waals surface area contributed by atoms with Crippen LogP contribution in [0.1, 0.15) is 5.56 Å². The maximum Gasteiger partial charge on any atom is 0.130 e. The molecule has 0 amide bonds. The van der Waals surface area contributed by atoms with Gasteiger partial charge in [-0.15, -0.1) is 0 Å². The van der Waals surface area contributed by atoms with Gasteiger partial charge in [0.05, 0.1) is 7.11 Å². The van der Waals surface area contributed by atoms with Crippen LogP contribution in [-0.4, -0.2) is 20.7 Å². The molecule has 0 aliphatic rings. The molecule has 0 unspecified atom stereocenters. The van der Waals surface area contributed by atoms with Crippen molar-refractivity contribution in [1.29, 1.82) is 0 Å². The molecule has 0 aromatic heterocycles. The first-order chi connectivity index (χ1) is 6.29. The summed E-state index contributed by atoms with van der Waals surface area (Å²) in [4.78, 5) is 0. The largest absolute Gasteiger partial charge is 0.496 e. The van der Waals surface area contributed by atoms with E-state index < -0.39 is 0 Å². The lowest BCUT2D eigenvalue weighted by atomic mass is 10.1. The van der Waals surface area contributed by atoms with Crippen molar-refractivity contribution in [2.45, 2.75) is 6.42 Å². The van der Waals surface area contributed by atoms with Gasteiger partial charge < -0.3 is 10.1 Å². The molecule has 0 bridgehead atoms. The fraction of sp³-hybridized carbons (Fsp3) is 0.400. The van der Waals surface area contributed by atoms with Gasteiger partial charge in [0.1, 0.15) is 11.6 Å². The molecule has 0 aliphatic heterocycles. The fourth-order valence-electron chi connectivity index (χ4n) is 1.22. The summed E-state index contributed by atoms with van der Waals surface area (Å²) in [7, 11) is 3.39. The molecule has 0 fully saturated rings. The number of ether oxygens (including phenoxy) is 1. The van der Waals surface area contributed by atoms with E-state index in [1.165, 1.54) is 6.07 Å². The van der Waals surface area contributed by atoms with Crippen LogP contribution in [-0.2, 0) is 6.42 Å². The summed E-state index contributed by atoms with van der Waals surface area (Å²) in [6, 6.07) is 4.87. The molecule has 0 saturated heterocycles. The second-order valence-electron chi connectivity index (χ2n) is 2.77. The molecule has 13 heavy (non-hydrogen) atoms. The van der Waals surface area contributed by atoms with E-state index in [0.717, 1.165) is 6.54 Å². The van der Waals surface area contributed by atoms with Gasteiger partial charge in [-0.1, -0.05) is 6.07 Å². The van der Waals surface area contributed by atoms with Gasteiger partial charge in [-0.05, 0) is 32.1 Å². The number of likely N-dealkylation sites (N-methyl/N-ethyl adjacent to an activating group) is 1. The minimum Gasteiger partial charge on any atom is -0.496 e. The lowest BCUT2D eigenvalue weighted by molar-refractivity contribution is 0.404. The number of hydrogen-bond donors (Lipinski definition) is 1. The Morgan fingerprint density at radius 1 is 1.46 bits per heavy atom. The molecule has 0 saturated carbocycles. The van der Waals surface area contributed by atoms with Gasteiger partial charge in [0.25, 0.3) is 0 Å². The van der Waals surface area contributed by atoms with Crippen LogP contribution in [0, 0.1) is 5.82 Å². The first-order valence-electron chi connectivity index (χ1n) is 4.25. The molecule has 0 aliphatic carbocycles. The summed E-state index contributed by atoms with van der Waals surface area (Å²) in [5.41, 5.74) is 0.638. The predicted molar refractivity (Wildman–Crippen MR) is 50.6 cm³/mol. The molecule has 1 N–H and O–H groups in total. The molecule has 2 nitrogen and oxygen atoms in total. The van der Waals surface area contributed by atoms with Crippen LogP contribution in [0.3, 0.4) is 0 Å². The summed E-state index contributed by atoms with van der Waals surface area (Å²) < 4.78 is 18.3. The summed E-state index contributed by atoms with van der Waals surface area (Å²) in [5.74, 6) is 0.421. The highest BCUT2D eigenvalue weighted by Gasteiger charge is 2.07. The zero-order valence-electron chi connectivity index (χ0n) is 7.93. The van der Waals surface area contributed by atoms with E-state index in [0.29, 0.717) is 17.7 Å². The molecule has 1 rings (SSSR count). The van der Waals surface area contributed by atoms with Gasteiger partial charge in [-0.25, -0.2) is 4.39 Å². The SMILES string of the molecule is CNCCc1c(F)cccc1OC. The van der Waals surface area contributed by atoms with Gasteiger partial charge in [-0.3, -0.25) is 0 Å². The van der Waals surface area contributed by atoms with Gasteiger partial charge in [0.15, 0.2) is 0 Å². The van der Waals surface area contributed by atoms with E-state index in [1.807, 2.05) is 7.05 Å². The Morgan fingerprint density at radius 3 is 2.85 bits per heavy atom. The number of benzene rings is 1. The van der Waals surface area contributed by atoms with Crippen molar-refractivity contribution < 1.29 is 9.13 Å². The molecule has 1 aromatic carbocycles. The fourth-order valence-corrected chi connectivity index (χ4v) is 1.22. The molecule has 0 radical (unpaired) electrons. The quantitative estimate of drug-likeness (QED) is 0.765. The van der Waals surface area contributed by atoms with Crippen LogP contribution in [0.25, 0.3) is 0 Å². The van der Waals surface area contributed by atoms with Gasteiger partial charge in [-0.2, -0.15) is 0 Å². The van der Waals surface area contributed by atoms with E-state index in [4.69, 9.17) is 4.74 Å². The smallest absolute Gasteiger partial charge is 0.130 e. The van der Waals surface area contributed by atoms with Crippen molar-refractivity contribution in [3.05, 3.63) is 29.6 Å². The lowest BCUT2D eigenvalue weighted by Crippen LogP contribution is -2.11. The Bertz CT molecular complexity index is 276. The van der Waals surface area contributed by atoms with Crippen LogP contribution in [0.5, 0.6) is 5.75 Å². The van der Waals surface area contributed by atoms with Crippen LogP contribution in [0.2, 0.25) is 0 Å². The molecular formula is C10H14FNO. The van der Waals surface area contributed by atoms with Crippen molar-refractivity contribution in [3.63, 3.8) is 0 Å². The highest BCUT2D eigenvalue weighted by molar-refractivity contribution is 5.34. The highest BCUT2D eigenvalue weighted by atomic mass is 19.1. The summed E-state index contributed by atoms with van der Waals surface area (Å²) >= 11 is 0. The zero-order valence-corrected chi connectivity index (χ0v) is 7.93. The van der Waals surface area contributed by atoms with Gasteiger partial charge in [0.2, 0.25) is 0 Å². The van der Waals surface area contributed by atoms with Crippen molar-refractivity contribution in [2.75, 3.05) is 20.7 Å². The highest BCUT2D eigenvalue weighted by Crippen LogP contribution is 2.20. The molecule has 72 valence electrons. The zero-order chi connectivity index (χ0) is 9.68. The Labute approximate surface area is 77.7 Å². The number of rotatable bonds is 4. The van der Waals surface area contributed by atoms with Crippen LogP contribution >= 0.6 is 0 Å². The maximum atomic E-state index is 13.3. The summed E-state index contributed by atoms with van der Waals surface area (Å²) in [6.07, 6.45) is 0.645. The molecular weight excluding hydrogens is 169 g/mol. The maximum absolute atomic E-state index is 13.3. The third-order valence-corrected chi connectivity index (χ3v) is 1.92. The van der Waals surface area contributed by atoms with E-state index in [1.54, 1.807) is 19.2 Å². The van der Waals surface area contributed by atoms with Gasteiger partial charge >= 0.3 is 0 Å². The number of hydrogen-bond acceptors (Lipinski definition) is 2. The second-order valence-corrected chi connectivity index (χ2v) is 2.77. The normalized spacial score (nSPS) is 10.1. The van der Waals surface area contributed by atoms with Crippen LogP contribution in [0.4, 0.5) is 4.39 Å². The van der Waals surface area contributed by atoms with E-state index >= 15 is 0 Å². The molecule has 3 heteroatoms. The second kappa shape index (κ2) is 4.82. The van der Waals surface area contributed by atoms with Crippen molar-refractivity contribution in [1.82, 2.24) is 5.32 Å². The average Bonchev–Trinajstić information content (AvgIpc) is 2.15. The van der Waals surface area contributed by atoms with E-state index in [-0.39, 0.29) is 5.82 Å². The molecule has 0 heterocycles. The first-order valence-corrected chi connectivity index (χ1v) is 4.25. The molecule has 1 aromatic rings. The van der Waals surface area contributed by atoms with Crippen LogP contribution in [0.15, 0.2) is 18.2 Å². The minimum atomic E-state index is -0.199. The molecule has 0 spiro atoms. The monoisotopic (exact) mass is 183 g/mol. The Kier molecular flexibility index (Phi) is 3.71. The number of halogens is 1. The number of methoxy groups -OCH3 is 1. The van der Waals surface area contributed by atoms with Gasteiger partial charge in [0, 0.05) is 5.56 Å². The lowest BCUT2D eigenvalue weighted by Gasteiger charge is -2.08. The Hall–Kier alpha value is -1.09. The van der Waals surface area contributed by atoms with E-state index in [2.05, 4.69) is 5.32 Å². The van der Waals surface area contributed by atoms with Crippen molar-refractivity contribution >= 4 is 0 Å². The first kappa shape index (κ1) is 9.99. The van der Waals surface area contributed by atoms with Crippen LogP contribution < -0.4 is 10.1 Å². The summed E-state index contributed by atoms with van der Waals surface area (Å²) in [6.45, 7) is 0.747. The average molecular weight is 183 g/mol. The van der Waals surface area contributed by atoms with Crippen molar-refractivity contribution in [2.24, 2.45) is 0 Å². The molecule has 0 atom stereocenters. The topological polar surface area (TPSA) is 21.3 Å². The van der Waals surface area contributed by atoms with Crippen molar-refractivity contribution in [3.8, 4) is 5.75 Å². The minimum absolute atomic E-state index is 0.199. The standard InChI is InChI=1S/C10H14FNO/c1-12-7-6-8-9(11)4-3-5-10(8)13-2/h3-5,12H,6-7H2,1-2H3. The third kappa shape index (κ3) is 2.42. The number of nitrogens with one attached hydrogen (secondary N) is 1. The third-order valence-electron chi connectivity index (χ3n) is 1.92. The predicted octanol–water partition coefficient (Wildman–Crippen LogP) is 1.60.